The first-order valence-electron chi connectivity index (χ1n) is 4.32. The summed E-state index contributed by atoms with van der Waals surface area (Å²) in [5.74, 6) is 0.915. The molecule has 0 fully saturated rings. The Morgan fingerprint density at radius 1 is 1.46 bits per heavy atom. The third kappa shape index (κ3) is 4.13. The van der Waals surface area contributed by atoms with Crippen LogP contribution in [0, 0.1) is 0 Å². The molecule has 0 radical (unpaired) electrons. The SMILES string of the molecule is C=CCCCOc1cccc(Br)c1. The zero-order chi connectivity index (χ0) is 9.52. The minimum absolute atomic E-state index is 0.752. The van der Waals surface area contributed by atoms with Gasteiger partial charge in [-0.15, -0.1) is 6.58 Å². The maximum Gasteiger partial charge on any atom is 0.120 e. The minimum atomic E-state index is 0.752. The highest BCUT2D eigenvalue weighted by Crippen LogP contribution is 2.17. The smallest absolute Gasteiger partial charge is 0.120 e. The van der Waals surface area contributed by atoms with Gasteiger partial charge in [-0.3, -0.25) is 0 Å². The van der Waals surface area contributed by atoms with E-state index in [2.05, 4.69) is 22.5 Å². The summed E-state index contributed by atoms with van der Waals surface area (Å²) in [5.41, 5.74) is 0. The van der Waals surface area contributed by atoms with Crippen LogP contribution in [0.1, 0.15) is 12.8 Å². The van der Waals surface area contributed by atoms with Crippen molar-refractivity contribution in [3.63, 3.8) is 0 Å². The van der Waals surface area contributed by atoms with Gasteiger partial charge in [-0.2, -0.15) is 0 Å². The van der Waals surface area contributed by atoms with Crippen molar-refractivity contribution in [2.24, 2.45) is 0 Å². The topological polar surface area (TPSA) is 9.23 Å². The normalized spacial score (nSPS) is 9.62. The Kier molecular flexibility index (Phi) is 4.61. The van der Waals surface area contributed by atoms with Crippen LogP contribution < -0.4 is 4.74 Å². The molecule has 0 N–H and O–H groups in total. The number of unbranched alkanes of at least 4 members (excludes halogenated alkanes) is 1. The van der Waals surface area contributed by atoms with Gasteiger partial charge < -0.3 is 4.74 Å². The van der Waals surface area contributed by atoms with Crippen molar-refractivity contribution in [2.75, 3.05) is 6.61 Å². The number of hydrogen-bond donors (Lipinski definition) is 0. The molecule has 0 aliphatic carbocycles. The maximum atomic E-state index is 5.51. The zero-order valence-corrected chi connectivity index (χ0v) is 9.09. The lowest BCUT2D eigenvalue weighted by molar-refractivity contribution is 0.312. The molecular formula is C11H13BrO. The molecule has 0 unspecified atom stereocenters. The second-order valence-corrected chi connectivity index (χ2v) is 3.65. The van der Waals surface area contributed by atoms with E-state index in [0.29, 0.717) is 0 Å². The quantitative estimate of drug-likeness (QED) is 0.562. The maximum absolute atomic E-state index is 5.51. The summed E-state index contributed by atoms with van der Waals surface area (Å²) in [5, 5.41) is 0. The molecule has 0 bridgehead atoms. The molecule has 0 heterocycles. The molecule has 0 aromatic heterocycles. The van der Waals surface area contributed by atoms with Crippen molar-refractivity contribution in [2.45, 2.75) is 12.8 Å². The first-order valence-corrected chi connectivity index (χ1v) is 5.11. The Morgan fingerprint density at radius 2 is 2.31 bits per heavy atom. The van der Waals surface area contributed by atoms with E-state index < -0.39 is 0 Å². The highest BCUT2D eigenvalue weighted by atomic mass is 79.9. The van der Waals surface area contributed by atoms with Gasteiger partial charge >= 0.3 is 0 Å². The molecule has 1 aromatic rings. The van der Waals surface area contributed by atoms with E-state index in [1.165, 1.54) is 0 Å². The second kappa shape index (κ2) is 5.81. The molecule has 0 amide bonds. The largest absolute Gasteiger partial charge is 0.494 e. The Balaban J connectivity index is 2.32. The first-order chi connectivity index (χ1) is 6.33. The van der Waals surface area contributed by atoms with Crippen molar-refractivity contribution in [3.05, 3.63) is 41.4 Å². The van der Waals surface area contributed by atoms with Gasteiger partial charge in [-0.25, -0.2) is 0 Å². The molecule has 1 aromatic carbocycles. The van der Waals surface area contributed by atoms with Crippen LogP contribution in [0.15, 0.2) is 41.4 Å². The van der Waals surface area contributed by atoms with E-state index >= 15 is 0 Å². The van der Waals surface area contributed by atoms with Gasteiger partial charge in [0, 0.05) is 4.47 Å². The van der Waals surface area contributed by atoms with E-state index in [1.54, 1.807) is 0 Å². The Bertz CT molecular complexity index is 271. The van der Waals surface area contributed by atoms with Crippen LogP contribution in [-0.4, -0.2) is 6.61 Å². The summed E-state index contributed by atoms with van der Waals surface area (Å²) in [6.07, 6.45) is 3.94. The molecule has 0 aliphatic rings. The summed E-state index contributed by atoms with van der Waals surface area (Å²) >= 11 is 3.39. The van der Waals surface area contributed by atoms with E-state index in [-0.39, 0.29) is 0 Å². The van der Waals surface area contributed by atoms with Crippen LogP contribution in [-0.2, 0) is 0 Å². The summed E-state index contributed by atoms with van der Waals surface area (Å²) < 4.78 is 6.56. The van der Waals surface area contributed by atoms with Crippen molar-refractivity contribution in [1.29, 1.82) is 0 Å². The van der Waals surface area contributed by atoms with Gasteiger partial charge in [-0.05, 0) is 31.0 Å². The van der Waals surface area contributed by atoms with Crippen LogP contribution in [0.4, 0.5) is 0 Å². The van der Waals surface area contributed by atoms with Gasteiger partial charge in [0.15, 0.2) is 0 Å². The highest BCUT2D eigenvalue weighted by molar-refractivity contribution is 9.10. The fourth-order valence-corrected chi connectivity index (χ4v) is 1.35. The standard InChI is InChI=1S/C11H13BrO/c1-2-3-4-8-13-11-7-5-6-10(12)9-11/h2,5-7,9H,1,3-4,8H2. The molecule has 0 saturated heterocycles. The van der Waals surface area contributed by atoms with Crippen LogP contribution in [0.5, 0.6) is 5.75 Å². The molecule has 70 valence electrons. The second-order valence-electron chi connectivity index (χ2n) is 2.74. The fourth-order valence-electron chi connectivity index (χ4n) is 0.974. The van der Waals surface area contributed by atoms with Crippen molar-refractivity contribution >= 4 is 15.9 Å². The molecule has 0 saturated carbocycles. The highest BCUT2D eigenvalue weighted by Gasteiger charge is 1.93. The lowest BCUT2D eigenvalue weighted by Crippen LogP contribution is -1.95. The lowest BCUT2D eigenvalue weighted by atomic mass is 10.3. The molecule has 1 rings (SSSR count). The summed E-state index contributed by atoms with van der Waals surface area (Å²) in [7, 11) is 0. The van der Waals surface area contributed by atoms with Gasteiger partial charge in [-0.1, -0.05) is 28.1 Å². The number of ether oxygens (including phenoxy) is 1. The molecule has 0 spiro atoms. The summed E-state index contributed by atoms with van der Waals surface area (Å²) in [6, 6.07) is 7.87. The van der Waals surface area contributed by atoms with Gasteiger partial charge in [0.2, 0.25) is 0 Å². The van der Waals surface area contributed by atoms with Crippen LogP contribution >= 0.6 is 15.9 Å². The van der Waals surface area contributed by atoms with E-state index in [1.807, 2.05) is 30.3 Å². The molecule has 13 heavy (non-hydrogen) atoms. The van der Waals surface area contributed by atoms with E-state index in [9.17, 15) is 0 Å². The van der Waals surface area contributed by atoms with Crippen molar-refractivity contribution in [1.82, 2.24) is 0 Å². The van der Waals surface area contributed by atoms with Gasteiger partial charge in [0.05, 0.1) is 6.61 Å². The molecule has 1 nitrogen and oxygen atoms in total. The number of benzene rings is 1. The summed E-state index contributed by atoms with van der Waals surface area (Å²) in [6.45, 7) is 4.41. The first kappa shape index (κ1) is 10.3. The number of hydrogen-bond acceptors (Lipinski definition) is 1. The average molecular weight is 241 g/mol. The predicted molar refractivity (Wildman–Crippen MR) is 59.1 cm³/mol. The third-order valence-corrected chi connectivity index (χ3v) is 2.11. The van der Waals surface area contributed by atoms with Crippen molar-refractivity contribution < 1.29 is 4.74 Å². The molecular weight excluding hydrogens is 228 g/mol. The number of rotatable bonds is 5. The fraction of sp³-hybridized carbons (Fsp3) is 0.273. The van der Waals surface area contributed by atoms with Gasteiger partial charge in [0.25, 0.3) is 0 Å². The van der Waals surface area contributed by atoms with E-state index in [0.717, 1.165) is 29.7 Å². The Hall–Kier alpha value is -0.760. The minimum Gasteiger partial charge on any atom is -0.494 e. The Labute approximate surface area is 87.5 Å². The number of allylic oxidation sites excluding steroid dienone is 1. The third-order valence-electron chi connectivity index (χ3n) is 1.62. The van der Waals surface area contributed by atoms with Crippen molar-refractivity contribution in [3.8, 4) is 5.75 Å². The summed E-state index contributed by atoms with van der Waals surface area (Å²) in [4.78, 5) is 0. The van der Waals surface area contributed by atoms with E-state index in [4.69, 9.17) is 4.74 Å². The zero-order valence-electron chi connectivity index (χ0n) is 7.50. The van der Waals surface area contributed by atoms with Crippen LogP contribution in [0.3, 0.4) is 0 Å². The van der Waals surface area contributed by atoms with Crippen LogP contribution in [0.25, 0.3) is 0 Å². The molecule has 2 heteroatoms. The number of halogens is 1. The molecule has 0 atom stereocenters. The Morgan fingerprint density at radius 3 is 3.00 bits per heavy atom. The van der Waals surface area contributed by atoms with Crippen LogP contribution in [0.2, 0.25) is 0 Å². The monoisotopic (exact) mass is 240 g/mol. The van der Waals surface area contributed by atoms with Gasteiger partial charge in [0.1, 0.15) is 5.75 Å². The average Bonchev–Trinajstić information content (AvgIpc) is 2.13. The molecule has 0 aliphatic heterocycles. The predicted octanol–water partition coefficient (Wildman–Crippen LogP) is 3.79. The lowest BCUT2D eigenvalue weighted by Gasteiger charge is -2.04.